The van der Waals surface area contributed by atoms with Gasteiger partial charge in [-0.05, 0) is 35.4 Å². The van der Waals surface area contributed by atoms with Crippen LogP contribution in [0.3, 0.4) is 0 Å². The molecule has 3 rings (SSSR count). The van der Waals surface area contributed by atoms with Gasteiger partial charge in [0, 0.05) is 17.8 Å². The Labute approximate surface area is 128 Å². The molecule has 0 spiro atoms. The maximum Gasteiger partial charge on any atom is 0.231 e. The lowest BCUT2D eigenvalue weighted by atomic mass is 9.98. The van der Waals surface area contributed by atoms with E-state index >= 15 is 0 Å². The Morgan fingerprint density at radius 3 is 2.27 bits per heavy atom. The van der Waals surface area contributed by atoms with Crippen molar-refractivity contribution in [2.45, 2.75) is 0 Å². The Balaban J connectivity index is 2.05. The molecular formula is C17H17NO4. The van der Waals surface area contributed by atoms with Gasteiger partial charge in [-0.15, -0.1) is 0 Å². The molecule has 0 saturated heterocycles. The van der Waals surface area contributed by atoms with E-state index in [0.717, 1.165) is 22.4 Å². The van der Waals surface area contributed by atoms with Crippen LogP contribution in [0.25, 0.3) is 5.57 Å². The van der Waals surface area contributed by atoms with Crippen LogP contribution in [-0.2, 0) is 0 Å². The lowest BCUT2D eigenvalue weighted by Gasteiger charge is -2.12. The van der Waals surface area contributed by atoms with Crippen molar-refractivity contribution >= 4 is 5.57 Å². The quantitative estimate of drug-likeness (QED) is 0.940. The highest BCUT2D eigenvalue weighted by atomic mass is 16.7. The monoisotopic (exact) mass is 299 g/mol. The summed E-state index contributed by atoms with van der Waals surface area (Å²) in [6, 6.07) is 11.4. The minimum atomic E-state index is 0.243. The second kappa shape index (κ2) is 5.89. The highest BCUT2D eigenvalue weighted by molar-refractivity contribution is 5.81. The predicted molar refractivity (Wildman–Crippen MR) is 83.4 cm³/mol. The van der Waals surface area contributed by atoms with E-state index in [0.29, 0.717) is 17.2 Å². The maximum absolute atomic E-state index is 5.85. The van der Waals surface area contributed by atoms with Crippen LogP contribution in [0.4, 0.5) is 0 Å². The van der Waals surface area contributed by atoms with E-state index in [1.54, 1.807) is 20.4 Å². The molecular weight excluding hydrogens is 282 g/mol. The highest BCUT2D eigenvalue weighted by Gasteiger charge is 2.16. The fraction of sp³-hybridized carbons (Fsp3) is 0.176. The summed E-state index contributed by atoms with van der Waals surface area (Å²) < 4.78 is 21.4. The van der Waals surface area contributed by atoms with Crippen LogP contribution in [0.15, 0.2) is 42.6 Å². The lowest BCUT2D eigenvalue weighted by Crippen LogP contribution is -1.95. The number of ether oxygens (including phenoxy) is 4. The summed E-state index contributed by atoms with van der Waals surface area (Å²) in [5.41, 5.74) is 8.54. The van der Waals surface area contributed by atoms with E-state index in [4.69, 9.17) is 24.7 Å². The zero-order valence-electron chi connectivity index (χ0n) is 12.5. The molecule has 5 nitrogen and oxygen atoms in total. The Hall–Kier alpha value is -2.82. The summed E-state index contributed by atoms with van der Waals surface area (Å²) in [7, 11) is 3.23. The molecule has 0 fully saturated rings. The van der Waals surface area contributed by atoms with Crippen molar-refractivity contribution in [3.63, 3.8) is 0 Å². The van der Waals surface area contributed by atoms with Crippen molar-refractivity contribution in [3.05, 3.63) is 53.7 Å². The summed E-state index contributed by atoms with van der Waals surface area (Å²) >= 11 is 0. The van der Waals surface area contributed by atoms with Crippen LogP contribution in [0.2, 0.25) is 0 Å². The minimum Gasteiger partial charge on any atom is -0.497 e. The number of nitrogens with two attached hydrogens (primary N) is 1. The number of fused-ring (bicyclic) bond motifs is 1. The van der Waals surface area contributed by atoms with Crippen molar-refractivity contribution < 1.29 is 18.9 Å². The van der Waals surface area contributed by atoms with E-state index in [1.807, 2.05) is 36.4 Å². The first-order valence-electron chi connectivity index (χ1n) is 6.80. The van der Waals surface area contributed by atoms with Gasteiger partial charge in [-0.3, -0.25) is 0 Å². The van der Waals surface area contributed by atoms with E-state index in [-0.39, 0.29) is 6.79 Å². The molecule has 1 heterocycles. The maximum atomic E-state index is 5.85. The molecule has 0 bridgehead atoms. The van der Waals surface area contributed by atoms with E-state index in [1.165, 1.54) is 0 Å². The first-order chi connectivity index (χ1) is 10.7. The normalized spacial score (nSPS) is 13.1. The standard InChI is InChI=1S/C17H17NO4/c1-19-13-5-12(6-14(8-13)20-2)15(9-18)11-3-4-16-17(7-11)22-10-21-16/h3-9H,10,18H2,1-2H3. The fourth-order valence-electron chi connectivity index (χ4n) is 2.39. The molecule has 0 amide bonds. The van der Waals surface area contributed by atoms with Crippen molar-refractivity contribution in [2.75, 3.05) is 21.0 Å². The Morgan fingerprint density at radius 2 is 1.64 bits per heavy atom. The topological polar surface area (TPSA) is 62.9 Å². The van der Waals surface area contributed by atoms with Gasteiger partial charge in [-0.25, -0.2) is 0 Å². The highest BCUT2D eigenvalue weighted by Crippen LogP contribution is 2.37. The van der Waals surface area contributed by atoms with E-state index < -0.39 is 0 Å². The summed E-state index contributed by atoms with van der Waals surface area (Å²) in [6.45, 7) is 0.243. The largest absolute Gasteiger partial charge is 0.497 e. The van der Waals surface area contributed by atoms with Gasteiger partial charge in [0.05, 0.1) is 14.2 Å². The molecule has 0 saturated carbocycles. The number of hydrogen-bond acceptors (Lipinski definition) is 5. The predicted octanol–water partition coefficient (Wildman–Crippen LogP) is 2.78. The molecule has 5 heteroatoms. The zero-order chi connectivity index (χ0) is 15.5. The third kappa shape index (κ3) is 2.53. The molecule has 2 N–H and O–H groups in total. The van der Waals surface area contributed by atoms with Crippen LogP contribution in [-0.4, -0.2) is 21.0 Å². The van der Waals surface area contributed by atoms with Crippen LogP contribution >= 0.6 is 0 Å². The molecule has 0 atom stereocenters. The lowest BCUT2D eigenvalue weighted by molar-refractivity contribution is 0.174. The molecule has 22 heavy (non-hydrogen) atoms. The van der Waals surface area contributed by atoms with Gasteiger partial charge in [0.2, 0.25) is 6.79 Å². The zero-order valence-corrected chi connectivity index (χ0v) is 12.5. The first-order valence-corrected chi connectivity index (χ1v) is 6.80. The molecule has 0 aliphatic carbocycles. The van der Waals surface area contributed by atoms with Crippen molar-refractivity contribution in [3.8, 4) is 23.0 Å². The fourth-order valence-corrected chi connectivity index (χ4v) is 2.39. The van der Waals surface area contributed by atoms with Gasteiger partial charge in [-0.2, -0.15) is 0 Å². The Bertz CT molecular complexity index is 702. The van der Waals surface area contributed by atoms with Crippen LogP contribution in [0.5, 0.6) is 23.0 Å². The first kappa shape index (κ1) is 14.1. The second-order valence-corrected chi connectivity index (χ2v) is 4.75. The Morgan fingerprint density at radius 1 is 0.955 bits per heavy atom. The van der Waals surface area contributed by atoms with Crippen LogP contribution in [0.1, 0.15) is 11.1 Å². The van der Waals surface area contributed by atoms with Gasteiger partial charge < -0.3 is 24.7 Å². The molecule has 114 valence electrons. The molecule has 0 unspecified atom stereocenters. The van der Waals surface area contributed by atoms with Gasteiger partial charge in [0.25, 0.3) is 0 Å². The number of hydrogen-bond donors (Lipinski definition) is 1. The van der Waals surface area contributed by atoms with Gasteiger partial charge in [0.1, 0.15) is 11.5 Å². The number of benzene rings is 2. The number of methoxy groups -OCH3 is 2. The van der Waals surface area contributed by atoms with Crippen LogP contribution in [0, 0.1) is 0 Å². The Kier molecular flexibility index (Phi) is 3.78. The second-order valence-electron chi connectivity index (χ2n) is 4.75. The average molecular weight is 299 g/mol. The van der Waals surface area contributed by atoms with Crippen molar-refractivity contribution in [1.29, 1.82) is 0 Å². The third-order valence-electron chi connectivity index (χ3n) is 3.51. The summed E-state index contributed by atoms with van der Waals surface area (Å²) in [6.07, 6.45) is 1.56. The van der Waals surface area contributed by atoms with Crippen molar-refractivity contribution in [1.82, 2.24) is 0 Å². The molecule has 2 aromatic rings. The number of rotatable bonds is 4. The third-order valence-corrected chi connectivity index (χ3v) is 3.51. The van der Waals surface area contributed by atoms with Gasteiger partial charge in [-0.1, -0.05) is 6.07 Å². The molecule has 1 aliphatic heterocycles. The summed E-state index contributed by atoms with van der Waals surface area (Å²) in [5, 5.41) is 0. The molecule has 0 radical (unpaired) electrons. The van der Waals surface area contributed by atoms with Crippen molar-refractivity contribution in [2.24, 2.45) is 5.73 Å². The molecule has 1 aliphatic rings. The van der Waals surface area contributed by atoms with E-state index in [2.05, 4.69) is 0 Å². The summed E-state index contributed by atoms with van der Waals surface area (Å²) in [5.74, 6) is 2.86. The molecule has 2 aromatic carbocycles. The minimum absolute atomic E-state index is 0.243. The smallest absolute Gasteiger partial charge is 0.231 e. The van der Waals surface area contributed by atoms with Crippen LogP contribution < -0.4 is 24.7 Å². The SMILES string of the molecule is COc1cc(OC)cc(C(=CN)c2ccc3c(c2)OCO3)c1. The van der Waals surface area contributed by atoms with Gasteiger partial charge in [0.15, 0.2) is 11.5 Å². The molecule has 0 aromatic heterocycles. The van der Waals surface area contributed by atoms with E-state index in [9.17, 15) is 0 Å². The van der Waals surface area contributed by atoms with Gasteiger partial charge >= 0.3 is 0 Å². The summed E-state index contributed by atoms with van der Waals surface area (Å²) in [4.78, 5) is 0. The average Bonchev–Trinajstić information content (AvgIpc) is 3.03.